The Hall–Kier alpha value is -12.8. The molecule has 0 aliphatic rings. The van der Waals surface area contributed by atoms with Crippen molar-refractivity contribution in [2.45, 2.75) is 80.3 Å². The number of imidazole rings is 4. The predicted molar refractivity (Wildman–Crippen MR) is 546 cm³/mol. The molecule has 0 bridgehead atoms. The number of methoxy groups -OCH3 is 2. The summed E-state index contributed by atoms with van der Waals surface area (Å²) in [5.74, 6) is -1.43. The number of nitrogens with one attached hydrogen (secondary N) is 4. The number of rotatable bonds is 49. The minimum absolute atomic E-state index is 0.00304. The molecule has 7 aromatic carbocycles. The van der Waals surface area contributed by atoms with Crippen LogP contribution in [0.25, 0.3) is 44.7 Å². The monoisotopic (exact) mass is 2280 g/mol. The first-order valence-corrected chi connectivity index (χ1v) is 53.2. The van der Waals surface area contributed by atoms with Crippen molar-refractivity contribution in [1.82, 2.24) is 78.1 Å². The summed E-state index contributed by atoms with van der Waals surface area (Å²) in [5, 5.41) is 0. The van der Waals surface area contributed by atoms with Crippen LogP contribution in [0.15, 0.2) is 216 Å². The fourth-order valence-electron chi connectivity index (χ4n) is 13.2. The van der Waals surface area contributed by atoms with Crippen LogP contribution >= 0.6 is 78.2 Å². The molecule has 15 aromatic rings. The number of nitrogens with two attached hydrogens (primary N) is 4. The van der Waals surface area contributed by atoms with Gasteiger partial charge in [0.15, 0.2) is 79.4 Å². The van der Waals surface area contributed by atoms with Crippen LogP contribution in [0, 0.1) is 26.6 Å². The topological polar surface area (TPSA) is 624 Å². The van der Waals surface area contributed by atoms with Gasteiger partial charge in [-0.2, -0.15) is 19.9 Å². The Kier molecular flexibility index (Phi) is 40.7. The SMILES string of the molecule is COc1ccc(C(=O)COP(=O)(COCCn2cnc3c(=O)[nH]c(N)nc32)OCc2cccc(Br)c2)cc1C.COc1ccc(COP(=O)(COCCn2cnc3c(=O)[nH]c(N)nc32)OCC(C)=O)cc1F.Cc1ccc(C(=O)COP(=O)(COCCn2cnc3c(=O)[nH]c(N)nc32)OCc2cccc(Br)c2)cc1.Cc1ccc(C(=O)COP(=O)(COCCn2cnc3c(=O)[nH]c(N)nc32)OCc2cccc(Br)c2)cc1. The van der Waals surface area contributed by atoms with Gasteiger partial charge in [0.05, 0.1) is 92.4 Å². The first kappa shape index (κ1) is 112. The second kappa shape index (κ2) is 53.0. The zero-order valence-electron chi connectivity index (χ0n) is 79.1. The standard InChI is InChI=1S/C25H27BrN5O7P.2C24H25BrN5O6P.C19H23FN5O7P/c1-16-10-18(6-7-21(16)35-2)20(32)13-38-39(34,37-12-17-4-3-5-19(26)11-17)15-36-9-8-31-14-28-22-23(31)29-25(27)30-24(22)33;2*1-16-5-7-18(8-6-16)20(31)13-36-37(33,35-12-17-3-2-4-19(25)11-17)15-34-10-9-30-14-27-21-22(30)28-24(26)29-23(21)32;1-12(26)8-31-33(28,32-9-13-3-4-15(29-2)14(20)7-13)11-30-6-5-25-10-22-16-17(25)23-19(21)24-18(16)27/h3-7,10-11,14H,8-9,12-13,15H2,1-2H3,(H3,27,29,30,33);2*2-8,11,14H,9-10,12-13,15H2,1H3,(H3,26,28,29,32);3-4,7,10H,5-6,8-9,11H2,1-2H3,(H3,21,23,24,27). The number of fused-ring (bicyclic) bond motifs is 4. The van der Waals surface area contributed by atoms with Crippen LogP contribution in [0.2, 0.25) is 0 Å². The van der Waals surface area contributed by atoms with Gasteiger partial charge in [0, 0.05) is 56.3 Å². The largest absolute Gasteiger partial charge is 0.496 e. The molecular formula is C92H100Br3FN20O26P4. The van der Waals surface area contributed by atoms with Crippen LogP contribution < -0.4 is 54.6 Å². The van der Waals surface area contributed by atoms with Crippen LogP contribution in [0.1, 0.15) is 76.9 Å². The Morgan fingerprint density at radius 3 is 0.925 bits per heavy atom. The molecule has 772 valence electrons. The summed E-state index contributed by atoms with van der Waals surface area (Å²) >= 11 is 10.2. The van der Waals surface area contributed by atoms with Crippen LogP contribution in [0.4, 0.5) is 28.2 Å². The smallest absolute Gasteiger partial charge is 0.356 e. The molecular weight excluding hydrogens is 2180 g/mol. The molecule has 0 spiro atoms. The molecule has 12 N–H and O–H groups in total. The lowest BCUT2D eigenvalue weighted by atomic mass is 10.1. The zero-order valence-corrected chi connectivity index (χ0v) is 87.4. The quantitative estimate of drug-likeness (QED) is 0.00997. The number of halogens is 4. The number of nitrogen functional groups attached to an aromatic ring is 4. The number of nitrogens with zero attached hydrogens (tertiary/aromatic N) is 12. The van der Waals surface area contributed by atoms with E-state index in [0.29, 0.717) is 44.9 Å². The second-order valence-electron chi connectivity index (χ2n) is 31.8. The highest BCUT2D eigenvalue weighted by atomic mass is 79.9. The van der Waals surface area contributed by atoms with E-state index in [-0.39, 0.29) is 172 Å². The first-order valence-electron chi connectivity index (χ1n) is 43.9. The summed E-state index contributed by atoms with van der Waals surface area (Å²) in [7, 11) is -12.5. The predicted octanol–water partition coefficient (Wildman–Crippen LogP) is 14.0. The van der Waals surface area contributed by atoms with Gasteiger partial charge < -0.3 is 87.7 Å². The van der Waals surface area contributed by atoms with Gasteiger partial charge in [-0.1, -0.05) is 150 Å². The first-order chi connectivity index (χ1) is 69.8. The number of hydrogen-bond acceptors (Lipinski definition) is 38. The number of aromatic nitrogens is 16. The van der Waals surface area contributed by atoms with Crippen LogP contribution in [-0.2, 0) is 131 Å². The molecule has 8 heterocycles. The van der Waals surface area contributed by atoms with Gasteiger partial charge in [0.1, 0.15) is 57.6 Å². The third-order valence-electron chi connectivity index (χ3n) is 20.6. The molecule has 0 saturated heterocycles. The van der Waals surface area contributed by atoms with Gasteiger partial charge in [0.2, 0.25) is 23.8 Å². The molecule has 4 atom stereocenters. The van der Waals surface area contributed by atoms with Crippen LogP contribution in [0.5, 0.6) is 11.5 Å². The maximum Gasteiger partial charge on any atom is 0.356 e. The van der Waals surface area contributed by atoms with Crippen molar-refractivity contribution in [2.75, 3.05) is 115 Å². The molecule has 46 nitrogen and oxygen atoms in total. The van der Waals surface area contributed by atoms with Gasteiger partial charge in [-0.25, -0.2) is 24.3 Å². The van der Waals surface area contributed by atoms with E-state index < -0.39 is 97.6 Å². The summed E-state index contributed by atoms with van der Waals surface area (Å²) < 4.78 is 153. The van der Waals surface area contributed by atoms with Gasteiger partial charge in [0.25, 0.3) is 22.2 Å². The van der Waals surface area contributed by atoms with E-state index in [1.54, 1.807) is 73.9 Å². The molecule has 146 heavy (non-hydrogen) atoms. The minimum atomic E-state index is -3.87. The fraction of sp³-hybridized carbons (Fsp3) is 0.283. The highest BCUT2D eigenvalue weighted by molar-refractivity contribution is 9.11. The van der Waals surface area contributed by atoms with Gasteiger partial charge in [-0.15, -0.1) is 0 Å². The summed E-state index contributed by atoms with van der Waals surface area (Å²) in [5.41, 5.74) is 29.1. The lowest BCUT2D eigenvalue weighted by molar-refractivity contribution is -0.119. The Balaban J connectivity index is 0.000000173. The molecule has 0 aliphatic carbocycles. The summed E-state index contributed by atoms with van der Waals surface area (Å²) in [6.45, 7) is 6.12. The van der Waals surface area contributed by atoms with E-state index in [2.05, 4.69) is 108 Å². The van der Waals surface area contributed by atoms with E-state index in [4.69, 9.17) is 87.5 Å². The third kappa shape index (κ3) is 33.1. The molecule has 4 unspecified atom stereocenters. The summed E-state index contributed by atoms with van der Waals surface area (Å²) in [6.07, 6.45) is 4.09. The van der Waals surface area contributed by atoms with Crippen molar-refractivity contribution < 1.29 is 106 Å². The van der Waals surface area contributed by atoms with E-state index in [0.717, 1.165) is 46.8 Å². The number of benzene rings is 7. The third-order valence-corrected chi connectivity index (χ3v) is 28.2. The Morgan fingerprint density at radius 2 is 0.644 bits per heavy atom. The molecule has 0 radical (unpaired) electrons. The highest BCUT2D eigenvalue weighted by Gasteiger charge is 2.33. The maximum absolute atomic E-state index is 13.9. The molecule has 15 rings (SSSR count). The molecule has 0 saturated carbocycles. The number of anilines is 4. The minimum Gasteiger partial charge on any atom is -0.496 e. The van der Waals surface area contributed by atoms with E-state index in [9.17, 15) is 61.0 Å². The normalized spacial score (nSPS) is 13.0. The fourth-order valence-corrected chi connectivity index (χ4v) is 19.5. The van der Waals surface area contributed by atoms with Gasteiger partial charge >= 0.3 is 30.4 Å². The molecule has 0 fully saturated rings. The van der Waals surface area contributed by atoms with Crippen molar-refractivity contribution >= 4 is 170 Å². The molecule has 8 aromatic heterocycles. The lowest BCUT2D eigenvalue weighted by Crippen LogP contribution is -2.14. The number of ketones is 4. The number of aryl methyl sites for hydroxylation is 3. The number of aromatic amines is 4. The second-order valence-corrected chi connectivity index (χ2v) is 42.5. The van der Waals surface area contributed by atoms with Crippen LogP contribution in [0.3, 0.4) is 0 Å². The van der Waals surface area contributed by atoms with Gasteiger partial charge in [-0.05, 0) is 122 Å². The number of H-pyrrole nitrogens is 4. The highest BCUT2D eigenvalue weighted by Crippen LogP contribution is 2.52. The van der Waals surface area contributed by atoms with Crippen molar-refractivity contribution in [1.29, 1.82) is 0 Å². The molecule has 0 amide bonds. The maximum atomic E-state index is 13.9. The average Bonchev–Trinajstić information content (AvgIpc) is 1.67. The van der Waals surface area contributed by atoms with Crippen molar-refractivity contribution in [3.8, 4) is 11.5 Å². The van der Waals surface area contributed by atoms with Crippen LogP contribution in [-0.4, -0.2) is 194 Å². The number of carbonyl (C=O) groups excluding carboxylic acids is 4. The Bertz CT molecular complexity index is 7380. The van der Waals surface area contributed by atoms with Crippen molar-refractivity contribution in [3.05, 3.63) is 299 Å². The van der Waals surface area contributed by atoms with Crippen molar-refractivity contribution in [2.24, 2.45) is 0 Å². The lowest BCUT2D eigenvalue weighted by Gasteiger charge is -2.19. The number of hydrogen-bond donors (Lipinski definition) is 8. The van der Waals surface area contributed by atoms with E-state index >= 15 is 0 Å². The number of ether oxygens (including phenoxy) is 6. The summed E-state index contributed by atoms with van der Waals surface area (Å²) in [6, 6.07) is 45.1. The summed E-state index contributed by atoms with van der Waals surface area (Å²) in [4.78, 5) is 139. The Morgan fingerprint density at radius 1 is 0.363 bits per heavy atom. The zero-order chi connectivity index (χ0) is 105. The van der Waals surface area contributed by atoms with Crippen molar-refractivity contribution in [3.63, 3.8) is 0 Å². The van der Waals surface area contributed by atoms with E-state index in [1.807, 2.05) is 118 Å². The molecule has 54 heteroatoms. The van der Waals surface area contributed by atoms with E-state index in [1.165, 1.54) is 51.5 Å². The number of carbonyl (C=O) groups is 4. The van der Waals surface area contributed by atoms with Gasteiger partial charge in [-0.3, -0.25) is 94.6 Å². The Labute approximate surface area is 855 Å². The number of Topliss-reactive ketones (excluding diaryl/α,β-unsaturated/α-hetero) is 4. The molecule has 0 aliphatic heterocycles. The average molecular weight is 2280 g/mol.